The average Bonchev–Trinajstić information content (AvgIpc) is 2.54. The van der Waals surface area contributed by atoms with Crippen molar-refractivity contribution >= 4 is 17.6 Å². The van der Waals surface area contributed by atoms with Crippen LogP contribution in [0.5, 0.6) is 0 Å². The van der Waals surface area contributed by atoms with E-state index in [4.69, 9.17) is 18.9 Å². The Hall–Kier alpha value is -1.68. The standard InChI is InChI=1S/C14H27N5O4/c1-17(2)12-7-13(18(8-20-3)9-21-4)16-14(15-12)19(10-22-5)11-23-6/h7H,8-11H2,1-6H3. The summed E-state index contributed by atoms with van der Waals surface area (Å²) in [6, 6.07) is 1.87. The lowest BCUT2D eigenvalue weighted by molar-refractivity contribution is 0.137. The number of ether oxygens (including phenoxy) is 4. The Kier molecular flexibility index (Phi) is 8.56. The molecule has 1 aromatic heterocycles. The van der Waals surface area contributed by atoms with Gasteiger partial charge in [-0.2, -0.15) is 9.97 Å². The van der Waals surface area contributed by atoms with Crippen LogP contribution in [-0.4, -0.2) is 79.4 Å². The fraction of sp³-hybridized carbons (Fsp3) is 0.714. The van der Waals surface area contributed by atoms with Gasteiger partial charge in [-0.3, -0.25) is 4.90 Å². The number of aromatic nitrogens is 2. The molecule has 0 saturated carbocycles. The van der Waals surface area contributed by atoms with E-state index in [0.29, 0.717) is 38.7 Å². The molecule has 132 valence electrons. The van der Waals surface area contributed by atoms with E-state index >= 15 is 0 Å². The first-order chi connectivity index (χ1) is 11.1. The Morgan fingerprint density at radius 2 is 1.17 bits per heavy atom. The highest BCUT2D eigenvalue weighted by molar-refractivity contribution is 5.54. The normalized spacial score (nSPS) is 10.7. The molecule has 1 rings (SSSR count). The number of anilines is 3. The summed E-state index contributed by atoms with van der Waals surface area (Å²) in [5.74, 6) is 1.96. The molecule has 0 bridgehead atoms. The van der Waals surface area contributed by atoms with E-state index in [0.717, 1.165) is 5.82 Å². The summed E-state index contributed by atoms with van der Waals surface area (Å²) in [6.07, 6.45) is 0. The van der Waals surface area contributed by atoms with E-state index < -0.39 is 0 Å². The van der Waals surface area contributed by atoms with Gasteiger partial charge in [0.1, 0.15) is 38.6 Å². The largest absolute Gasteiger partial charge is 0.364 e. The van der Waals surface area contributed by atoms with E-state index in [9.17, 15) is 0 Å². The summed E-state index contributed by atoms with van der Waals surface area (Å²) in [5.41, 5.74) is 0. The summed E-state index contributed by atoms with van der Waals surface area (Å²) in [7, 11) is 10.3. The summed E-state index contributed by atoms with van der Waals surface area (Å²) >= 11 is 0. The average molecular weight is 329 g/mol. The number of nitrogens with zero attached hydrogens (tertiary/aromatic N) is 5. The minimum absolute atomic E-state index is 0.318. The van der Waals surface area contributed by atoms with E-state index in [-0.39, 0.29) is 0 Å². The first-order valence-electron chi connectivity index (χ1n) is 7.09. The second-order valence-electron chi connectivity index (χ2n) is 5.03. The molecule has 1 heterocycles. The number of methoxy groups -OCH3 is 4. The lowest BCUT2D eigenvalue weighted by Gasteiger charge is -2.26. The Morgan fingerprint density at radius 3 is 1.61 bits per heavy atom. The number of hydrogen-bond donors (Lipinski definition) is 0. The quantitative estimate of drug-likeness (QED) is 0.542. The minimum atomic E-state index is 0.318. The molecule has 0 radical (unpaired) electrons. The fourth-order valence-corrected chi connectivity index (χ4v) is 1.89. The molecule has 0 atom stereocenters. The van der Waals surface area contributed by atoms with Gasteiger partial charge in [0, 0.05) is 48.6 Å². The van der Waals surface area contributed by atoms with Gasteiger partial charge in [0.15, 0.2) is 0 Å². The van der Waals surface area contributed by atoms with Gasteiger partial charge in [-0.25, -0.2) is 0 Å². The molecule has 0 amide bonds. The maximum atomic E-state index is 5.22. The van der Waals surface area contributed by atoms with Gasteiger partial charge in [0.05, 0.1) is 0 Å². The molecule has 0 N–H and O–H groups in total. The third-order valence-corrected chi connectivity index (χ3v) is 2.89. The van der Waals surface area contributed by atoms with Gasteiger partial charge in [-0.1, -0.05) is 0 Å². The zero-order valence-electron chi connectivity index (χ0n) is 14.8. The molecular formula is C14H27N5O4. The molecule has 0 aliphatic carbocycles. The van der Waals surface area contributed by atoms with Crippen LogP contribution >= 0.6 is 0 Å². The highest BCUT2D eigenvalue weighted by atomic mass is 16.5. The Bertz CT molecular complexity index is 415. The van der Waals surface area contributed by atoms with E-state index in [1.807, 2.05) is 30.0 Å². The van der Waals surface area contributed by atoms with Crippen LogP contribution in [0.2, 0.25) is 0 Å². The first kappa shape index (κ1) is 19.4. The van der Waals surface area contributed by atoms with Crippen LogP contribution in [0, 0.1) is 0 Å². The van der Waals surface area contributed by atoms with Crippen molar-refractivity contribution in [3.63, 3.8) is 0 Å². The fourth-order valence-electron chi connectivity index (χ4n) is 1.89. The zero-order valence-corrected chi connectivity index (χ0v) is 14.8. The van der Waals surface area contributed by atoms with Crippen molar-refractivity contribution in [2.24, 2.45) is 0 Å². The van der Waals surface area contributed by atoms with Crippen LogP contribution in [-0.2, 0) is 18.9 Å². The van der Waals surface area contributed by atoms with E-state index in [1.54, 1.807) is 33.3 Å². The van der Waals surface area contributed by atoms with Gasteiger partial charge < -0.3 is 28.7 Å². The van der Waals surface area contributed by atoms with Crippen molar-refractivity contribution in [2.45, 2.75) is 0 Å². The Balaban J connectivity index is 3.23. The molecule has 0 spiro atoms. The topological polar surface area (TPSA) is 72.4 Å². The first-order valence-corrected chi connectivity index (χ1v) is 7.09. The van der Waals surface area contributed by atoms with Gasteiger partial charge in [-0.15, -0.1) is 0 Å². The predicted octanol–water partition coefficient (Wildman–Crippen LogP) is 0.571. The second kappa shape index (κ2) is 10.2. The molecule has 23 heavy (non-hydrogen) atoms. The maximum Gasteiger partial charge on any atom is 0.233 e. The molecule has 9 heteroatoms. The van der Waals surface area contributed by atoms with E-state index in [2.05, 4.69) is 9.97 Å². The van der Waals surface area contributed by atoms with Crippen LogP contribution in [0.4, 0.5) is 17.6 Å². The third-order valence-electron chi connectivity index (χ3n) is 2.89. The summed E-state index contributed by atoms with van der Waals surface area (Å²) < 4.78 is 20.8. The second-order valence-corrected chi connectivity index (χ2v) is 5.03. The van der Waals surface area contributed by atoms with Crippen molar-refractivity contribution in [1.29, 1.82) is 0 Å². The smallest absolute Gasteiger partial charge is 0.233 e. The molecular weight excluding hydrogens is 302 g/mol. The zero-order chi connectivity index (χ0) is 17.2. The number of hydrogen-bond acceptors (Lipinski definition) is 9. The van der Waals surface area contributed by atoms with Crippen molar-refractivity contribution in [3.05, 3.63) is 6.07 Å². The SMILES string of the molecule is COCN(COC)c1cc(N(C)C)nc(N(COC)COC)n1. The van der Waals surface area contributed by atoms with Crippen molar-refractivity contribution in [2.75, 3.05) is 84.2 Å². The van der Waals surface area contributed by atoms with Gasteiger partial charge in [-0.05, 0) is 0 Å². The lowest BCUT2D eigenvalue weighted by Crippen LogP contribution is -2.33. The third kappa shape index (κ3) is 5.79. The molecule has 0 saturated heterocycles. The summed E-state index contributed by atoms with van der Waals surface area (Å²) in [6.45, 7) is 1.34. The van der Waals surface area contributed by atoms with Crippen molar-refractivity contribution < 1.29 is 18.9 Å². The van der Waals surface area contributed by atoms with Gasteiger partial charge in [0.2, 0.25) is 5.95 Å². The summed E-state index contributed by atoms with van der Waals surface area (Å²) in [5, 5.41) is 0. The Morgan fingerprint density at radius 1 is 0.739 bits per heavy atom. The molecule has 0 aliphatic heterocycles. The number of rotatable bonds is 11. The van der Waals surface area contributed by atoms with Crippen LogP contribution in [0.25, 0.3) is 0 Å². The molecule has 0 unspecified atom stereocenters. The van der Waals surface area contributed by atoms with Gasteiger partial charge >= 0.3 is 0 Å². The highest BCUT2D eigenvalue weighted by Crippen LogP contribution is 2.22. The van der Waals surface area contributed by atoms with Crippen molar-refractivity contribution in [3.8, 4) is 0 Å². The van der Waals surface area contributed by atoms with E-state index in [1.165, 1.54) is 0 Å². The molecule has 0 fully saturated rings. The van der Waals surface area contributed by atoms with Crippen LogP contribution in [0.1, 0.15) is 0 Å². The maximum absolute atomic E-state index is 5.22. The van der Waals surface area contributed by atoms with Crippen LogP contribution < -0.4 is 14.7 Å². The minimum Gasteiger partial charge on any atom is -0.364 e. The molecule has 0 aromatic carbocycles. The predicted molar refractivity (Wildman–Crippen MR) is 88.8 cm³/mol. The monoisotopic (exact) mass is 329 g/mol. The summed E-state index contributed by atoms with van der Waals surface area (Å²) in [4.78, 5) is 14.7. The van der Waals surface area contributed by atoms with Crippen LogP contribution in [0.3, 0.4) is 0 Å². The van der Waals surface area contributed by atoms with Crippen molar-refractivity contribution in [1.82, 2.24) is 9.97 Å². The Labute approximate surface area is 137 Å². The highest BCUT2D eigenvalue weighted by Gasteiger charge is 2.16. The van der Waals surface area contributed by atoms with Crippen LogP contribution in [0.15, 0.2) is 6.07 Å². The molecule has 9 nitrogen and oxygen atoms in total. The van der Waals surface area contributed by atoms with Gasteiger partial charge in [0.25, 0.3) is 0 Å². The lowest BCUT2D eigenvalue weighted by atomic mass is 10.4. The molecule has 0 aliphatic rings. The molecule has 1 aromatic rings.